The van der Waals surface area contributed by atoms with Crippen LogP contribution >= 0.6 is 0 Å². The van der Waals surface area contributed by atoms with Gasteiger partial charge in [0.25, 0.3) is 0 Å². The molecule has 36 heavy (non-hydrogen) atoms. The average Bonchev–Trinajstić information content (AvgIpc) is 3.61. The molecule has 2 heterocycles. The molecular weight excluding hydrogens is 463 g/mol. The van der Waals surface area contributed by atoms with Crippen molar-refractivity contribution < 1.29 is 23.5 Å². The lowest BCUT2D eigenvalue weighted by atomic mass is 10.2. The third kappa shape index (κ3) is 6.25. The zero-order valence-corrected chi connectivity index (χ0v) is 21.0. The lowest BCUT2D eigenvalue weighted by Gasteiger charge is -2.25. The molecule has 2 aliphatic rings. The summed E-state index contributed by atoms with van der Waals surface area (Å²) < 4.78 is 26.1. The molecule has 0 spiro atoms. The van der Waals surface area contributed by atoms with Crippen LogP contribution in [0, 0.1) is 5.82 Å². The topological polar surface area (TPSA) is 84.0 Å². The minimum atomic E-state index is -0.599. The van der Waals surface area contributed by atoms with Crippen molar-refractivity contribution in [3.63, 3.8) is 0 Å². The number of anilines is 1. The quantitative estimate of drug-likeness (QED) is 0.462. The van der Waals surface area contributed by atoms with Crippen LogP contribution in [-0.2, 0) is 22.6 Å². The largest absolute Gasteiger partial charge is 0.481 e. The number of nitrogens with zero attached hydrogens (tertiary/aromatic N) is 3. The summed E-state index contributed by atoms with van der Waals surface area (Å²) in [5.41, 5.74) is 1.52. The van der Waals surface area contributed by atoms with Crippen molar-refractivity contribution in [2.45, 2.75) is 70.6 Å². The van der Waals surface area contributed by atoms with Gasteiger partial charge in [-0.25, -0.2) is 9.18 Å². The molecule has 1 aromatic heterocycles. The number of likely N-dealkylation sites (tertiary alicyclic amines) is 1. The van der Waals surface area contributed by atoms with E-state index in [1.807, 2.05) is 42.2 Å². The number of aromatic nitrogens is 1. The SMILES string of the molecule is CCCCOC(=O)N1CCCC1C(=O)NCc1cc(F)c(N(Cc2ccccc2)C2CC2)nc1OC. The van der Waals surface area contributed by atoms with Gasteiger partial charge in [-0.2, -0.15) is 4.98 Å². The van der Waals surface area contributed by atoms with Gasteiger partial charge >= 0.3 is 6.09 Å². The van der Waals surface area contributed by atoms with Gasteiger partial charge in [-0.3, -0.25) is 9.69 Å². The van der Waals surface area contributed by atoms with Crippen LogP contribution in [0.5, 0.6) is 5.88 Å². The summed E-state index contributed by atoms with van der Waals surface area (Å²) in [7, 11) is 1.49. The van der Waals surface area contributed by atoms with Gasteiger partial charge in [0.15, 0.2) is 11.6 Å². The number of rotatable bonds is 11. The molecule has 2 amide bonds. The molecule has 8 nitrogen and oxygen atoms in total. The van der Waals surface area contributed by atoms with Gasteiger partial charge in [0.05, 0.1) is 13.7 Å². The second kappa shape index (κ2) is 12.1. The van der Waals surface area contributed by atoms with Crippen molar-refractivity contribution in [1.82, 2.24) is 15.2 Å². The van der Waals surface area contributed by atoms with Gasteiger partial charge in [-0.05, 0) is 43.7 Å². The molecule has 1 saturated carbocycles. The van der Waals surface area contributed by atoms with E-state index in [2.05, 4.69) is 10.3 Å². The van der Waals surface area contributed by atoms with Gasteiger partial charge in [-0.15, -0.1) is 0 Å². The van der Waals surface area contributed by atoms with Crippen molar-refractivity contribution in [3.05, 3.63) is 53.3 Å². The minimum Gasteiger partial charge on any atom is -0.481 e. The smallest absolute Gasteiger partial charge is 0.410 e. The van der Waals surface area contributed by atoms with Crippen molar-refractivity contribution in [2.24, 2.45) is 0 Å². The highest BCUT2D eigenvalue weighted by atomic mass is 19.1. The number of benzene rings is 1. The maximum absolute atomic E-state index is 15.3. The number of hydrogen-bond acceptors (Lipinski definition) is 6. The average molecular weight is 499 g/mol. The number of methoxy groups -OCH3 is 1. The fourth-order valence-electron chi connectivity index (χ4n) is 4.49. The van der Waals surface area contributed by atoms with E-state index >= 15 is 4.39 Å². The summed E-state index contributed by atoms with van der Waals surface area (Å²) in [5.74, 6) is -0.224. The van der Waals surface area contributed by atoms with Crippen molar-refractivity contribution in [2.75, 3.05) is 25.2 Å². The summed E-state index contributed by atoms with van der Waals surface area (Å²) in [4.78, 5) is 33.2. The second-order valence-corrected chi connectivity index (χ2v) is 9.34. The normalized spacial score (nSPS) is 17.1. The molecule has 194 valence electrons. The lowest BCUT2D eigenvalue weighted by molar-refractivity contribution is -0.125. The van der Waals surface area contributed by atoms with Gasteiger partial charge < -0.3 is 19.7 Å². The first-order valence-electron chi connectivity index (χ1n) is 12.8. The molecule has 1 atom stereocenters. The number of hydrogen-bond donors (Lipinski definition) is 1. The van der Waals surface area contributed by atoms with Gasteiger partial charge in [0, 0.05) is 31.2 Å². The van der Waals surface area contributed by atoms with Gasteiger partial charge in [0.2, 0.25) is 11.8 Å². The second-order valence-electron chi connectivity index (χ2n) is 9.34. The summed E-state index contributed by atoms with van der Waals surface area (Å²) in [5, 5.41) is 2.83. The summed E-state index contributed by atoms with van der Waals surface area (Å²) in [6.45, 7) is 3.45. The molecule has 0 radical (unpaired) electrons. The number of ether oxygens (including phenoxy) is 2. The molecule has 9 heteroatoms. The number of nitrogens with one attached hydrogen (secondary N) is 1. The molecule has 1 aromatic carbocycles. The Hall–Kier alpha value is -3.36. The molecule has 2 aromatic rings. The molecule has 1 aliphatic heterocycles. The molecule has 0 bridgehead atoms. The standard InChI is InChI=1S/C27H35FN4O4/c1-3-4-15-36-27(34)31-14-8-11-23(31)25(33)29-17-20-16-22(28)24(30-26(20)35-2)32(21-12-13-21)18-19-9-6-5-7-10-19/h5-7,9-10,16,21,23H,3-4,8,11-15,17-18H2,1-2H3,(H,29,33). The molecule has 2 fully saturated rings. The fourth-order valence-corrected chi connectivity index (χ4v) is 4.49. The van der Waals surface area contributed by atoms with Crippen LogP contribution in [0.25, 0.3) is 0 Å². The Morgan fingerprint density at radius 2 is 2.00 bits per heavy atom. The Bertz CT molecular complexity index is 1050. The first kappa shape index (κ1) is 25.7. The zero-order chi connectivity index (χ0) is 25.5. The Morgan fingerprint density at radius 1 is 1.22 bits per heavy atom. The van der Waals surface area contributed by atoms with Crippen molar-refractivity contribution in [1.29, 1.82) is 0 Å². The summed E-state index contributed by atoms with van der Waals surface area (Å²) in [6, 6.07) is 10.9. The monoisotopic (exact) mass is 498 g/mol. The lowest BCUT2D eigenvalue weighted by Crippen LogP contribution is -2.46. The van der Waals surface area contributed by atoms with E-state index in [0.717, 1.165) is 37.7 Å². The molecule has 1 saturated heterocycles. The van der Waals surface area contributed by atoms with E-state index in [9.17, 15) is 9.59 Å². The minimum absolute atomic E-state index is 0.0452. The number of carbonyl (C=O) groups excluding carboxylic acids is 2. The van der Waals surface area contributed by atoms with E-state index in [4.69, 9.17) is 9.47 Å². The predicted octanol–water partition coefficient (Wildman–Crippen LogP) is 4.42. The third-order valence-electron chi connectivity index (χ3n) is 6.61. The highest BCUT2D eigenvalue weighted by Gasteiger charge is 2.35. The van der Waals surface area contributed by atoms with Gasteiger partial charge in [0.1, 0.15) is 6.04 Å². The van der Waals surface area contributed by atoms with Crippen LogP contribution in [0.15, 0.2) is 36.4 Å². The van der Waals surface area contributed by atoms with Crippen LogP contribution in [0.4, 0.5) is 15.0 Å². The third-order valence-corrected chi connectivity index (χ3v) is 6.61. The first-order chi connectivity index (χ1) is 17.5. The summed E-state index contributed by atoms with van der Waals surface area (Å²) in [6.07, 6.45) is 4.52. The number of pyridine rings is 1. The number of halogens is 1. The highest BCUT2D eigenvalue weighted by Crippen LogP contribution is 2.35. The number of unbranched alkanes of at least 4 members (excludes halogenated alkanes) is 1. The molecule has 1 N–H and O–H groups in total. The maximum Gasteiger partial charge on any atom is 0.410 e. The fraction of sp³-hybridized carbons (Fsp3) is 0.519. The number of amides is 2. The number of carbonyl (C=O) groups is 2. The van der Waals surface area contributed by atoms with Crippen LogP contribution in [0.1, 0.15) is 56.6 Å². The van der Waals surface area contributed by atoms with Crippen LogP contribution < -0.4 is 15.0 Å². The summed E-state index contributed by atoms with van der Waals surface area (Å²) >= 11 is 0. The van der Waals surface area contributed by atoms with Crippen molar-refractivity contribution >= 4 is 17.8 Å². The molecule has 4 rings (SSSR count). The highest BCUT2D eigenvalue weighted by molar-refractivity contribution is 5.86. The maximum atomic E-state index is 15.3. The van der Waals surface area contributed by atoms with E-state index < -0.39 is 18.0 Å². The van der Waals surface area contributed by atoms with Crippen LogP contribution in [0.3, 0.4) is 0 Å². The molecule has 1 aliphatic carbocycles. The first-order valence-corrected chi connectivity index (χ1v) is 12.8. The Kier molecular flexibility index (Phi) is 8.61. The van der Waals surface area contributed by atoms with E-state index in [1.165, 1.54) is 18.1 Å². The predicted molar refractivity (Wildman–Crippen MR) is 134 cm³/mol. The van der Waals surface area contributed by atoms with E-state index in [1.54, 1.807) is 0 Å². The molecular formula is C27H35FN4O4. The molecule has 1 unspecified atom stereocenters. The Balaban J connectivity index is 1.43. The Labute approximate surface area is 211 Å². The van der Waals surface area contributed by atoms with E-state index in [-0.39, 0.29) is 30.2 Å². The van der Waals surface area contributed by atoms with E-state index in [0.29, 0.717) is 31.7 Å². The van der Waals surface area contributed by atoms with Gasteiger partial charge in [-0.1, -0.05) is 43.7 Å². The van der Waals surface area contributed by atoms with Crippen molar-refractivity contribution in [3.8, 4) is 5.88 Å². The van der Waals surface area contributed by atoms with Crippen LogP contribution in [-0.4, -0.2) is 54.2 Å². The Morgan fingerprint density at radius 3 is 2.69 bits per heavy atom. The zero-order valence-electron chi connectivity index (χ0n) is 21.0. The van der Waals surface area contributed by atoms with Crippen LogP contribution in [0.2, 0.25) is 0 Å².